The predicted molar refractivity (Wildman–Crippen MR) is 112 cm³/mol. The van der Waals surface area contributed by atoms with Gasteiger partial charge in [-0.05, 0) is 31.4 Å². The van der Waals surface area contributed by atoms with Gasteiger partial charge in [0.1, 0.15) is 4.21 Å². The first-order valence-electron chi connectivity index (χ1n) is 9.02. The van der Waals surface area contributed by atoms with E-state index in [1.54, 1.807) is 13.1 Å². The molecule has 0 saturated heterocycles. The van der Waals surface area contributed by atoms with Crippen molar-refractivity contribution in [1.29, 1.82) is 0 Å². The summed E-state index contributed by atoms with van der Waals surface area (Å²) in [5.74, 6) is 0.849. The molecule has 0 atom stereocenters. The van der Waals surface area contributed by atoms with E-state index in [2.05, 4.69) is 21.8 Å². The molecule has 0 radical (unpaired) electrons. The third-order valence-corrected chi connectivity index (χ3v) is 7.73. The fourth-order valence-corrected chi connectivity index (χ4v) is 5.55. The van der Waals surface area contributed by atoms with E-state index in [0.29, 0.717) is 23.8 Å². The van der Waals surface area contributed by atoms with Gasteiger partial charge in [-0.25, -0.2) is 8.42 Å². The number of aliphatic imine (C=N–C) groups is 1. The van der Waals surface area contributed by atoms with Gasteiger partial charge in [-0.1, -0.05) is 19.9 Å². The molecule has 0 spiro atoms. The molecule has 1 rings (SSSR count). The van der Waals surface area contributed by atoms with E-state index < -0.39 is 10.0 Å². The molecule has 0 saturated carbocycles. The van der Waals surface area contributed by atoms with Crippen LogP contribution in [0.4, 0.5) is 0 Å². The lowest BCUT2D eigenvalue weighted by Crippen LogP contribution is -2.40. The molecule has 1 heterocycles. The smallest absolute Gasteiger partial charge is 0.252 e. The molecule has 26 heavy (non-hydrogen) atoms. The summed E-state index contributed by atoms with van der Waals surface area (Å²) in [6.45, 7) is 10.1. The van der Waals surface area contributed by atoms with E-state index >= 15 is 0 Å². The lowest BCUT2D eigenvalue weighted by atomic mass is 10.3. The van der Waals surface area contributed by atoms with E-state index in [9.17, 15) is 8.42 Å². The second kappa shape index (κ2) is 11.4. The topological polar surface area (TPSA) is 65.0 Å². The first-order chi connectivity index (χ1) is 12.4. The summed E-state index contributed by atoms with van der Waals surface area (Å²) in [6.07, 6.45) is 4.71. The van der Waals surface area contributed by atoms with Gasteiger partial charge in [0.05, 0.1) is 0 Å². The van der Waals surface area contributed by atoms with Crippen molar-refractivity contribution < 1.29 is 8.42 Å². The third-order valence-electron chi connectivity index (χ3n) is 4.07. The van der Waals surface area contributed by atoms with Crippen LogP contribution in [0.1, 0.15) is 31.6 Å². The second-order valence-electron chi connectivity index (χ2n) is 5.89. The summed E-state index contributed by atoms with van der Waals surface area (Å²) in [4.78, 5) is 7.43. The van der Waals surface area contributed by atoms with E-state index in [0.717, 1.165) is 36.6 Å². The van der Waals surface area contributed by atoms with Crippen LogP contribution in [-0.2, 0) is 16.4 Å². The van der Waals surface area contributed by atoms with Crippen molar-refractivity contribution in [2.24, 2.45) is 4.99 Å². The number of guanidine groups is 1. The van der Waals surface area contributed by atoms with Crippen LogP contribution >= 0.6 is 11.3 Å². The Morgan fingerprint density at radius 2 is 2.04 bits per heavy atom. The zero-order chi connectivity index (χ0) is 19.6. The van der Waals surface area contributed by atoms with Crippen LogP contribution in [0.25, 0.3) is 0 Å². The molecule has 8 heteroatoms. The average Bonchev–Trinajstić information content (AvgIpc) is 3.09. The van der Waals surface area contributed by atoms with Crippen LogP contribution in [0.15, 0.2) is 34.0 Å². The molecule has 0 aliphatic rings. The summed E-state index contributed by atoms with van der Waals surface area (Å²) in [6, 6.07) is 3.61. The van der Waals surface area contributed by atoms with Gasteiger partial charge in [0.15, 0.2) is 5.96 Å². The molecule has 148 valence electrons. The van der Waals surface area contributed by atoms with Crippen molar-refractivity contribution in [2.75, 3.05) is 40.3 Å². The average molecular weight is 401 g/mol. The highest BCUT2D eigenvalue weighted by Gasteiger charge is 2.23. The summed E-state index contributed by atoms with van der Waals surface area (Å²) in [7, 11) is 0.421. The molecular weight excluding hydrogens is 368 g/mol. The minimum absolute atomic E-state index is 0.419. The molecule has 0 fully saturated rings. The molecule has 0 aliphatic heterocycles. The van der Waals surface area contributed by atoms with E-state index in [1.807, 2.05) is 33.0 Å². The van der Waals surface area contributed by atoms with Crippen molar-refractivity contribution in [3.05, 3.63) is 29.7 Å². The number of nitrogens with one attached hydrogen (secondary N) is 1. The Morgan fingerprint density at radius 3 is 2.62 bits per heavy atom. The number of hydrogen-bond acceptors (Lipinski definition) is 4. The zero-order valence-electron chi connectivity index (χ0n) is 16.4. The summed E-state index contributed by atoms with van der Waals surface area (Å²) in [5.41, 5.74) is 0. The van der Waals surface area contributed by atoms with Crippen LogP contribution in [-0.4, -0.2) is 63.9 Å². The molecule has 0 amide bonds. The molecular formula is C18H32N4O2S2. The highest BCUT2D eigenvalue weighted by molar-refractivity contribution is 7.91. The molecule has 0 aromatic carbocycles. The lowest BCUT2D eigenvalue weighted by molar-refractivity contribution is 0.447. The summed E-state index contributed by atoms with van der Waals surface area (Å²) in [5, 5.41) is 3.33. The van der Waals surface area contributed by atoms with Crippen molar-refractivity contribution in [2.45, 2.75) is 37.3 Å². The standard InChI is InChI=1S/C18H32N4O2S2/c1-6-9-10-15-21(5)18(19-4)20-14-13-16-11-12-17(25-16)26(23,24)22(7-2)8-3/h6,11-12H,1,7-10,13-15H2,2-5H3,(H,19,20). The highest BCUT2D eigenvalue weighted by atomic mass is 32.2. The molecule has 6 nitrogen and oxygen atoms in total. The van der Waals surface area contributed by atoms with Crippen LogP contribution in [0, 0.1) is 0 Å². The number of nitrogens with zero attached hydrogens (tertiary/aromatic N) is 3. The Kier molecular flexibility index (Phi) is 9.90. The van der Waals surface area contributed by atoms with Gasteiger partial charge in [0.25, 0.3) is 10.0 Å². The molecule has 0 bridgehead atoms. The Hall–Kier alpha value is -1.38. The fourth-order valence-electron chi connectivity index (χ4n) is 2.58. The highest BCUT2D eigenvalue weighted by Crippen LogP contribution is 2.25. The molecule has 1 aromatic heterocycles. The van der Waals surface area contributed by atoms with Crippen molar-refractivity contribution >= 4 is 27.3 Å². The normalized spacial score (nSPS) is 12.4. The minimum Gasteiger partial charge on any atom is -0.356 e. The van der Waals surface area contributed by atoms with Crippen molar-refractivity contribution in [1.82, 2.24) is 14.5 Å². The number of allylic oxidation sites excluding steroid dienone is 1. The Balaban J connectivity index is 2.59. The van der Waals surface area contributed by atoms with Gasteiger partial charge in [-0.2, -0.15) is 4.31 Å². The van der Waals surface area contributed by atoms with E-state index in [1.165, 1.54) is 15.6 Å². The molecule has 1 aromatic rings. The first-order valence-corrected chi connectivity index (χ1v) is 11.3. The summed E-state index contributed by atoms with van der Waals surface area (Å²) >= 11 is 1.35. The van der Waals surface area contributed by atoms with Crippen molar-refractivity contribution in [3.63, 3.8) is 0 Å². The van der Waals surface area contributed by atoms with Crippen LogP contribution in [0.2, 0.25) is 0 Å². The largest absolute Gasteiger partial charge is 0.356 e. The number of thiophene rings is 1. The predicted octanol–water partition coefficient (Wildman–Crippen LogP) is 2.79. The van der Waals surface area contributed by atoms with Gasteiger partial charge in [0, 0.05) is 45.2 Å². The number of unbranched alkanes of at least 4 members (excludes halogenated alkanes) is 1. The van der Waals surface area contributed by atoms with Crippen LogP contribution < -0.4 is 5.32 Å². The Bertz CT molecular complexity index is 679. The molecule has 1 N–H and O–H groups in total. The van der Waals surface area contributed by atoms with E-state index in [4.69, 9.17) is 0 Å². The number of sulfonamides is 1. The molecule has 0 aliphatic carbocycles. The third kappa shape index (κ3) is 6.41. The van der Waals surface area contributed by atoms with Crippen LogP contribution in [0.3, 0.4) is 0 Å². The van der Waals surface area contributed by atoms with E-state index in [-0.39, 0.29) is 0 Å². The van der Waals surface area contributed by atoms with Gasteiger partial charge < -0.3 is 10.2 Å². The number of hydrogen-bond donors (Lipinski definition) is 1. The molecule has 0 unspecified atom stereocenters. The Labute approximate surface area is 162 Å². The van der Waals surface area contributed by atoms with Gasteiger partial charge >= 0.3 is 0 Å². The van der Waals surface area contributed by atoms with Gasteiger partial charge in [-0.3, -0.25) is 4.99 Å². The maximum absolute atomic E-state index is 12.5. The SMILES string of the molecule is C=CCCCN(C)C(=NC)NCCc1ccc(S(=O)(=O)N(CC)CC)s1. The zero-order valence-corrected chi connectivity index (χ0v) is 18.0. The van der Waals surface area contributed by atoms with Gasteiger partial charge in [-0.15, -0.1) is 17.9 Å². The van der Waals surface area contributed by atoms with Gasteiger partial charge in [0.2, 0.25) is 0 Å². The van der Waals surface area contributed by atoms with Crippen molar-refractivity contribution in [3.8, 4) is 0 Å². The van der Waals surface area contributed by atoms with Crippen LogP contribution in [0.5, 0.6) is 0 Å². The fraction of sp³-hybridized carbons (Fsp3) is 0.611. The maximum Gasteiger partial charge on any atom is 0.252 e. The maximum atomic E-state index is 12.5. The minimum atomic E-state index is -3.36. The summed E-state index contributed by atoms with van der Waals surface area (Å²) < 4.78 is 27.0. The number of rotatable bonds is 11. The second-order valence-corrected chi connectivity index (χ2v) is 9.22. The monoisotopic (exact) mass is 400 g/mol. The Morgan fingerprint density at radius 1 is 1.35 bits per heavy atom. The quantitative estimate of drug-likeness (QED) is 0.268. The lowest BCUT2D eigenvalue weighted by Gasteiger charge is -2.21. The first kappa shape index (κ1) is 22.7.